The highest BCUT2D eigenvalue weighted by Crippen LogP contribution is 2.22. The van der Waals surface area contributed by atoms with E-state index in [9.17, 15) is 4.79 Å². The number of rotatable bonds is 12. The second kappa shape index (κ2) is 12.6. The SMILES string of the molecule is COc1ccccc1CCC(=O)N(Cc1cccc(OCCc2ccsc2)c1)CC1CCCO1. The van der Waals surface area contributed by atoms with Crippen LogP contribution in [0.15, 0.2) is 65.4 Å². The number of amides is 1. The molecule has 0 aliphatic carbocycles. The zero-order chi connectivity index (χ0) is 23.6. The Hall–Kier alpha value is -2.83. The third-order valence-corrected chi connectivity index (χ3v) is 6.84. The van der Waals surface area contributed by atoms with E-state index in [1.54, 1.807) is 18.4 Å². The summed E-state index contributed by atoms with van der Waals surface area (Å²) in [6.45, 7) is 2.58. The fourth-order valence-electron chi connectivity index (χ4n) is 4.27. The van der Waals surface area contributed by atoms with Gasteiger partial charge in [-0.05, 0) is 71.0 Å². The van der Waals surface area contributed by atoms with Crippen LogP contribution in [0, 0.1) is 0 Å². The third-order valence-electron chi connectivity index (χ3n) is 6.11. The molecule has 1 saturated heterocycles. The molecule has 4 rings (SSSR count). The highest BCUT2D eigenvalue weighted by atomic mass is 32.1. The molecule has 0 N–H and O–H groups in total. The van der Waals surface area contributed by atoms with Crippen LogP contribution in [0.2, 0.25) is 0 Å². The predicted octanol–water partition coefficient (Wildman–Crippen LogP) is 5.52. The molecule has 0 bridgehead atoms. The number of benzene rings is 2. The second-order valence-electron chi connectivity index (χ2n) is 8.60. The number of aryl methyl sites for hydroxylation is 1. The first kappa shape index (κ1) is 24.3. The minimum absolute atomic E-state index is 0.111. The molecule has 1 fully saturated rings. The fourth-order valence-corrected chi connectivity index (χ4v) is 4.98. The van der Waals surface area contributed by atoms with Gasteiger partial charge in [-0.3, -0.25) is 4.79 Å². The molecule has 1 atom stereocenters. The molecule has 0 saturated carbocycles. The molecule has 3 aromatic rings. The molecule has 0 radical (unpaired) electrons. The van der Waals surface area contributed by atoms with Gasteiger partial charge in [0.25, 0.3) is 0 Å². The largest absolute Gasteiger partial charge is 0.496 e. The lowest BCUT2D eigenvalue weighted by atomic mass is 10.1. The van der Waals surface area contributed by atoms with Crippen molar-refractivity contribution in [1.82, 2.24) is 4.90 Å². The third kappa shape index (κ3) is 7.08. The van der Waals surface area contributed by atoms with E-state index in [1.807, 2.05) is 47.4 Å². The fraction of sp³-hybridized carbons (Fsp3) is 0.393. The number of carbonyl (C=O) groups excluding carboxylic acids is 1. The van der Waals surface area contributed by atoms with E-state index in [4.69, 9.17) is 14.2 Å². The molecule has 1 unspecified atom stereocenters. The Morgan fingerprint density at radius 1 is 1.12 bits per heavy atom. The first-order chi connectivity index (χ1) is 16.7. The number of methoxy groups -OCH3 is 1. The first-order valence-corrected chi connectivity index (χ1v) is 12.9. The van der Waals surface area contributed by atoms with E-state index in [2.05, 4.69) is 22.9 Å². The van der Waals surface area contributed by atoms with Crippen molar-refractivity contribution in [2.75, 3.05) is 26.9 Å². The standard InChI is InChI=1S/C28H33NO4S/c1-31-27-10-3-2-7-24(27)11-12-28(30)29(20-26-9-5-15-32-26)19-23-6-4-8-25(18-23)33-16-13-22-14-17-34-21-22/h2-4,6-8,10,14,17-18,21,26H,5,9,11-13,15-16,19-20H2,1H3. The second-order valence-corrected chi connectivity index (χ2v) is 9.38. The summed E-state index contributed by atoms with van der Waals surface area (Å²) in [6.07, 6.45) is 4.14. The van der Waals surface area contributed by atoms with Gasteiger partial charge in [0.05, 0.1) is 19.8 Å². The molecular weight excluding hydrogens is 446 g/mol. The lowest BCUT2D eigenvalue weighted by Crippen LogP contribution is -2.37. The van der Waals surface area contributed by atoms with Crippen molar-refractivity contribution < 1.29 is 19.0 Å². The topological polar surface area (TPSA) is 48.0 Å². The van der Waals surface area contributed by atoms with Crippen LogP contribution >= 0.6 is 11.3 Å². The zero-order valence-corrected chi connectivity index (χ0v) is 20.6. The summed E-state index contributed by atoms with van der Waals surface area (Å²) in [5.74, 6) is 1.80. The Bertz CT molecular complexity index is 1030. The van der Waals surface area contributed by atoms with E-state index in [0.29, 0.717) is 32.5 Å². The summed E-state index contributed by atoms with van der Waals surface area (Å²) in [4.78, 5) is 15.2. The van der Waals surface area contributed by atoms with Gasteiger partial charge in [0.1, 0.15) is 11.5 Å². The molecule has 1 aromatic heterocycles. The van der Waals surface area contributed by atoms with Gasteiger partial charge in [-0.1, -0.05) is 30.3 Å². The van der Waals surface area contributed by atoms with Crippen LogP contribution in [0.25, 0.3) is 0 Å². The Morgan fingerprint density at radius 2 is 2.03 bits per heavy atom. The van der Waals surface area contributed by atoms with Crippen LogP contribution in [0.1, 0.15) is 36.0 Å². The van der Waals surface area contributed by atoms with Gasteiger partial charge in [0, 0.05) is 32.5 Å². The maximum Gasteiger partial charge on any atom is 0.223 e. The van der Waals surface area contributed by atoms with Crippen molar-refractivity contribution in [3.8, 4) is 11.5 Å². The Kier molecular flexibility index (Phi) is 8.99. The molecule has 2 aromatic carbocycles. The van der Waals surface area contributed by atoms with Gasteiger partial charge in [-0.25, -0.2) is 0 Å². The van der Waals surface area contributed by atoms with Crippen molar-refractivity contribution in [1.29, 1.82) is 0 Å². The minimum Gasteiger partial charge on any atom is -0.496 e. The summed E-state index contributed by atoms with van der Waals surface area (Å²) >= 11 is 1.70. The quantitative estimate of drug-likeness (QED) is 0.343. The van der Waals surface area contributed by atoms with Crippen molar-refractivity contribution in [2.24, 2.45) is 0 Å². The smallest absolute Gasteiger partial charge is 0.223 e. The van der Waals surface area contributed by atoms with Gasteiger partial charge in [-0.2, -0.15) is 11.3 Å². The van der Waals surface area contributed by atoms with Gasteiger partial charge < -0.3 is 19.1 Å². The van der Waals surface area contributed by atoms with E-state index in [-0.39, 0.29) is 12.0 Å². The zero-order valence-electron chi connectivity index (χ0n) is 19.8. The van der Waals surface area contributed by atoms with E-state index < -0.39 is 0 Å². The predicted molar refractivity (Wildman–Crippen MR) is 136 cm³/mol. The molecule has 1 aliphatic heterocycles. The normalized spacial score (nSPS) is 15.3. The van der Waals surface area contributed by atoms with Gasteiger partial charge >= 0.3 is 0 Å². The summed E-state index contributed by atoms with van der Waals surface area (Å²) in [7, 11) is 1.67. The molecular formula is C28H33NO4S. The Morgan fingerprint density at radius 3 is 2.82 bits per heavy atom. The average molecular weight is 480 g/mol. The lowest BCUT2D eigenvalue weighted by Gasteiger charge is -2.26. The molecule has 180 valence electrons. The van der Waals surface area contributed by atoms with Crippen LogP contribution in [-0.4, -0.2) is 43.8 Å². The average Bonchev–Trinajstić information content (AvgIpc) is 3.57. The van der Waals surface area contributed by atoms with Crippen LogP contribution in [0.3, 0.4) is 0 Å². The maximum absolute atomic E-state index is 13.3. The number of ether oxygens (including phenoxy) is 3. The molecule has 2 heterocycles. The number of para-hydroxylation sites is 1. The molecule has 0 spiro atoms. The monoisotopic (exact) mass is 479 g/mol. The van der Waals surface area contributed by atoms with Crippen molar-refractivity contribution in [3.63, 3.8) is 0 Å². The van der Waals surface area contributed by atoms with E-state index in [0.717, 1.165) is 48.5 Å². The summed E-state index contributed by atoms with van der Waals surface area (Å²) < 4.78 is 17.3. The van der Waals surface area contributed by atoms with Crippen LogP contribution in [0.4, 0.5) is 0 Å². The molecule has 1 amide bonds. The van der Waals surface area contributed by atoms with Crippen LogP contribution < -0.4 is 9.47 Å². The number of thiophene rings is 1. The number of carbonyl (C=O) groups is 1. The van der Waals surface area contributed by atoms with Crippen LogP contribution in [-0.2, 0) is 28.9 Å². The molecule has 5 nitrogen and oxygen atoms in total. The molecule has 1 aliphatic rings. The molecule has 6 heteroatoms. The number of hydrogen-bond acceptors (Lipinski definition) is 5. The van der Waals surface area contributed by atoms with Crippen molar-refractivity contribution in [3.05, 3.63) is 82.0 Å². The van der Waals surface area contributed by atoms with Crippen molar-refractivity contribution in [2.45, 2.75) is 44.8 Å². The maximum atomic E-state index is 13.3. The highest BCUT2D eigenvalue weighted by molar-refractivity contribution is 7.07. The summed E-state index contributed by atoms with van der Waals surface area (Å²) in [5.41, 5.74) is 3.41. The highest BCUT2D eigenvalue weighted by Gasteiger charge is 2.23. The first-order valence-electron chi connectivity index (χ1n) is 12.0. The lowest BCUT2D eigenvalue weighted by molar-refractivity contribution is -0.133. The van der Waals surface area contributed by atoms with Crippen LogP contribution in [0.5, 0.6) is 11.5 Å². The number of hydrogen-bond donors (Lipinski definition) is 0. The molecule has 34 heavy (non-hydrogen) atoms. The van der Waals surface area contributed by atoms with E-state index >= 15 is 0 Å². The van der Waals surface area contributed by atoms with Crippen molar-refractivity contribution >= 4 is 17.2 Å². The Balaban J connectivity index is 1.38. The Labute approximate surface area is 206 Å². The minimum atomic E-state index is 0.111. The summed E-state index contributed by atoms with van der Waals surface area (Å²) in [5, 5.41) is 4.24. The summed E-state index contributed by atoms with van der Waals surface area (Å²) in [6, 6.07) is 18.1. The van der Waals surface area contributed by atoms with E-state index in [1.165, 1.54) is 5.56 Å². The number of nitrogens with zero attached hydrogens (tertiary/aromatic N) is 1. The van der Waals surface area contributed by atoms with Gasteiger partial charge in [0.15, 0.2) is 0 Å². The van der Waals surface area contributed by atoms with Gasteiger partial charge in [0.2, 0.25) is 5.91 Å². The van der Waals surface area contributed by atoms with Gasteiger partial charge in [-0.15, -0.1) is 0 Å².